The molecule has 0 spiro atoms. The number of carbonyl (C=O) groups is 1. The Bertz CT molecular complexity index is 960. The fourth-order valence-electron chi connectivity index (χ4n) is 2.92. The number of anilines is 2. The van der Waals surface area contributed by atoms with Crippen molar-refractivity contribution in [3.05, 3.63) is 59.4 Å². The van der Waals surface area contributed by atoms with E-state index in [4.69, 9.17) is 0 Å². The van der Waals surface area contributed by atoms with Crippen LogP contribution in [-0.2, 0) is 21.2 Å². The van der Waals surface area contributed by atoms with Gasteiger partial charge in [-0.15, -0.1) is 0 Å². The van der Waals surface area contributed by atoms with Crippen molar-refractivity contribution in [2.24, 2.45) is 0 Å². The minimum Gasteiger partial charge on any atom is -0.324 e. The predicted octanol–water partition coefficient (Wildman–Crippen LogP) is 3.22. The lowest BCUT2D eigenvalue weighted by molar-refractivity contribution is -0.116. The topological polar surface area (TPSA) is 66.5 Å². The molecule has 0 saturated carbocycles. The van der Waals surface area contributed by atoms with Crippen molar-refractivity contribution >= 4 is 27.3 Å². The molecule has 1 amide bonds. The second-order valence-electron chi connectivity index (χ2n) is 6.15. The average Bonchev–Trinajstić information content (AvgIpc) is 2.95. The summed E-state index contributed by atoms with van der Waals surface area (Å²) in [6.07, 6.45) is 0.0191. The monoisotopic (exact) mass is 398 g/mol. The largest absolute Gasteiger partial charge is 0.324 e. The van der Waals surface area contributed by atoms with Crippen LogP contribution in [0.3, 0.4) is 0 Å². The van der Waals surface area contributed by atoms with Crippen LogP contribution in [0.25, 0.3) is 0 Å². The number of halogens is 3. The number of hydrogen-bond acceptors (Lipinski definition) is 3. The maximum absolute atomic E-state index is 14.0. The van der Waals surface area contributed by atoms with Gasteiger partial charge >= 0.3 is 0 Å². The Labute approximate surface area is 154 Å². The summed E-state index contributed by atoms with van der Waals surface area (Å²) in [7, 11) is -3.44. The van der Waals surface area contributed by atoms with E-state index in [9.17, 15) is 26.4 Å². The van der Waals surface area contributed by atoms with Crippen LogP contribution < -0.4 is 9.62 Å². The zero-order valence-corrected chi connectivity index (χ0v) is 15.0. The van der Waals surface area contributed by atoms with Gasteiger partial charge < -0.3 is 5.32 Å². The lowest BCUT2D eigenvalue weighted by Crippen LogP contribution is -2.25. The molecular formula is C18H17F3N2O3S. The summed E-state index contributed by atoms with van der Waals surface area (Å²) in [5.41, 5.74) is -0.150. The third-order valence-electron chi connectivity index (χ3n) is 4.28. The van der Waals surface area contributed by atoms with Gasteiger partial charge in [0.25, 0.3) is 0 Å². The summed E-state index contributed by atoms with van der Waals surface area (Å²) >= 11 is 0. The number of sulfonamides is 1. The molecule has 1 fully saturated rings. The quantitative estimate of drug-likeness (QED) is 0.841. The smallest absolute Gasteiger partial charge is 0.235 e. The van der Waals surface area contributed by atoms with Gasteiger partial charge in [0.05, 0.1) is 17.1 Å². The first-order valence-electron chi connectivity index (χ1n) is 8.30. The summed E-state index contributed by atoms with van der Waals surface area (Å²) in [6, 6.07) is 7.03. The molecular weight excluding hydrogens is 381 g/mol. The van der Waals surface area contributed by atoms with Gasteiger partial charge in [0.1, 0.15) is 17.5 Å². The molecule has 9 heteroatoms. The highest BCUT2D eigenvalue weighted by Gasteiger charge is 2.29. The Hall–Kier alpha value is -2.55. The molecule has 1 aliphatic rings. The Balaban J connectivity index is 1.71. The Kier molecular flexibility index (Phi) is 5.41. The molecule has 0 unspecified atom stereocenters. The van der Waals surface area contributed by atoms with Crippen molar-refractivity contribution in [2.45, 2.75) is 19.3 Å². The third-order valence-corrected chi connectivity index (χ3v) is 6.14. The predicted molar refractivity (Wildman–Crippen MR) is 95.5 cm³/mol. The maximum Gasteiger partial charge on any atom is 0.235 e. The second kappa shape index (κ2) is 7.59. The lowest BCUT2D eigenvalue weighted by Gasteiger charge is -2.18. The highest BCUT2D eigenvalue weighted by Crippen LogP contribution is 2.28. The van der Waals surface area contributed by atoms with Crippen LogP contribution in [0.15, 0.2) is 36.4 Å². The van der Waals surface area contributed by atoms with E-state index in [-0.39, 0.29) is 42.1 Å². The van der Waals surface area contributed by atoms with Crippen LogP contribution in [-0.4, -0.2) is 26.6 Å². The fraction of sp³-hybridized carbons (Fsp3) is 0.278. The molecule has 2 aromatic rings. The van der Waals surface area contributed by atoms with Crippen molar-refractivity contribution in [3.63, 3.8) is 0 Å². The molecule has 0 bridgehead atoms. The lowest BCUT2D eigenvalue weighted by atomic mass is 10.1. The van der Waals surface area contributed by atoms with E-state index in [0.717, 1.165) is 22.5 Å². The first-order chi connectivity index (χ1) is 12.8. The van der Waals surface area contributed by atoms with Crippen LogP contribution in [0.2, 0.25) is 0 Å². The van der Waals surface area contributed by atoms with E-state index < -0.39 is 33.4 Å². The van der Waals surface area contributed by atoms with E-state index in [2.05, 4.69) is 5.32 Å². The standard InChI is InChI=1S/C18H17F3N2O3S/c19-14-3-1-4-15(20)13(14)6-8-18(24)22-17-11-12(5-7-16(17)21)23-9-2-10-27(23,25)26/h1,3-5,7,11H,2,6,8-10H2,(H,22,24). The minimum atomic E-state index is -3.44. The van der Waals surface area contributed by atoms with E-state index in [1.165, 1.54) is 18.2 Å². The summed E-state index contributed by atoms with van der Waals surface area (Å²) in [5.74, 6) is -2.87. The number of nitrogens with one attached hydrogen (secondary N) is 1. The van der Waals surface area contributed by atoms with Gasteiger partial charge in [-0.25, -0.2) is 21.6 Å². The van der Waals surface area contributed by atoms with Crippen molar-refractivity contribution < 1.29 is 26.4 Å². The van der Waals surface area contributed by atoms with Gasteiger partial charge in [-0.2, -0.15) is 0 Å². The highest BCUT2D eigenvalue weighted by atomic mass is 32.2. The molecule has 1 heterocycles. The Morgan fingerprint density at radius 3 is 2.41 bits per heavy atom. The van der Waals surface area contributed by atoms with Gasteiger partial charge in [0.15, 0.2) is 0 Å². The molecule has 144 valence electrons. The van der Waals surface area contributed by atoms with Crippen LogP contribution in [0.1, 0.15) is 18.4 Å². The molecule has 0 aromatic heterocycles. The minimum absolute atomic E-state index is 0.0142. The van der Waals surface area contributed by atoms with Gasteiger partial charge in [-0.3, -0.25) is 9.10 Å². The van der Waals surface area contributed by atoms with E-state index >= 15 is 0 Å². The third kappa shape index (κ3) is 4.24. The van der Waals surface area contributed by atoms with Crippen LogP contribution in [0.4, 0.5) is 24.5 Å². The van der Waals surface area contributed by atoms with Crippen LogP contribution in [0.5, 0.6) is 0 Å². The first-order valence-corrected chi connectivity index (χ1v) is 9.91. The zero-order chi connectivity index (χ0) is 19.6. The van der Waals surface area contributed by atoms with Crippen molar-refractivity contribution in [2.75, 3.05) is 21.9 Å². The summed E-state index contributed by atoms with van der Waals surface area (Å²) in [6.45, 7) is 0.286. The van der Waals surface area contributed by atoms with Crippen molar-refractivity contribution in [1.29, 1.82) is 0 Å². The fourth-order valence-corrected chi connectivity index (χ4v) is 4.47. The Morgan fingerprint density at radius 2 is 1.78 bits per heavy atom. The summed E-state index contributed by atoms with van der Waals surface area (Å²) in [5, 5.41) is 2.33. The molecule has 3 rings (SSSR count). The van der Waals surface area contributed by atoms with Gasteiger partial charge in [-0.05, 0) is 43.2 Å². The molecule has 1 saturated heterocycles. The maximum atomic E-state index is 14.0. The number of benzene rings is 2. The molecule has 5 nitrogen and oxygen atoms in total. The van der Waals surface area contributed by atoms with E-state index in [1.54, 1.807) is 0 Å². The van der Waals surface area contributed by atoms with Crippen molar-refractivity contribution in [1.82, 2.24) is 0 Å². The SMILES string of the molecule is O=C(CCc1c(F)cccc1F)Nc1cc(N2CCCS2(=O)=O)ccc1F. The Morgan fingerprint density at radius 1 is 1.07 bits per heavy atom. The van der Waals surface area contributed by atoms with E-state index in [0.29, 0.717) is 6.42 Å². The summed E-state index contributed by atoms with van der Waals surface area (Å²) in [4.78, 5) is 12.1. The second-order valence-corrected chi connectivity index (χ2v) is 8.17. The number of carbonyl (C=O) groups excluding carboxylic acids is 1. The number of hydrogen-bond donors (Lipinski definition) is 1. The number of amides is 1. The van der Waals surface area contributed by atoms with Crippen molar-refractivity contribution in [3.8, 4) is 0 Å². The molecule has 27 heavy (non-hydrogen) atoms. The van der Waals surface area contributed by atoms with Crippen LogP contribution >= 0.6 is 0 Å². The highest BCUT2D eigenvalue weighted by molar-refractivity contribution is 7.93. The zero-order valence-electron chi connectivity index (χ0n) is 14.2. The van der Waals surface area contributed by atoms with Gasteiger partial charge in [0.2, 0.25) is 15.9 Å². The molecule has 0 atom stereocenters. The molecule has 0 radical (unpaired) electrons. The average molecular weight is 398 g/mol. The van der Waals surface area contributed by atoms with E-state index in [1.807, 2.05) is 0 Å². The van der Waals surface area contributed by atoms with Gasteiger partial charge in [-0.1, -0.05) is 6.07 Å². The molecule has 1 N–H and O–H groups in total. The van der Waals surface area contributed by atoms with Gasteiger partial charge in [0, 0.05) is 18.5 Å². The number of nitrogens with zero attached hydrogens (tertiary/aromatic N) is 1. The normalized spacial score (nSPS) is 15.7. The molecule has 1 aliphatic heterocycles. The first kappa shape index (κ1) is 19.2. The molecule has 2 aromatic carbocycles. The van der Waals surface area contributed by atoms with Crippen LogP contribution in [0, 0.1) is 17.5 Å². The molecule has 0 aliphatic carbocycles. The summed E-state index contributed by atoms with van der Waals surface area (Å²) < 4.78 is 66.3. The number of rotatable bonds is 5.